The van der Waals surface area contributed by atoms with Crippen LogP contribution in [0.4, 0.5) is 0 Å². The normalized spacial score (nSPS) is 14.0. The number of allylic oxidation sites excluding steroid dienone is 1. The Hall–Kier alpha value is -0.790. The lowest BCUT2D eigenvalue weighted by Gasteiger charge is -1.96. The van der Waals surface area contributed by atoms with E-state index >= 15 is 0 Å². The summed E-state index contributed by atoms with van der Waals surface area (Å²) in [6.45, 7) is 4.01. The van der Waals surface area contributed by atoms with Gasteiger partial charge in [-0.2, -0.15) is 0 Å². The molecule has 0 heterocycles. The predicted octanol–water partition coefficient (Wildman–Crippen LogP) is 1.67. The van der Waals surface area contributed by atoms with Gasteiger partial charge in [-0.15, -0.1) is 0 Å². The van der Waals surface area contributed by atoms with E-state index in [0.29, 0.717) is 5.92 Å². The maximum absolute atomic E-state index is 9.93. The molecule has 52 valence electrons. The molecule has 2 nitrogen and oxygen atoms in total. The fourth-order valence-electron chi connectivity index (χ4n) is 0.383. The summed E-state index contributed by atoms with van der Waals surface area (Å²) >= 11 is 0. The first-order chi connectivity index (χ1) is 4.16. The smallest absolute Gasteiger partial charge is 0.327 e. The van der Waals surface area contributed by atoms with Crippen LogP contribution in [0.2, 0.25) is 0 Å². The van der Waals surface area contributed by atoms with Gasteiger partial charge in [0.1, 0.15) is 0 Å². The zero-order valence-electron chi connectivity index (χ0n) is 5.79. The molecule has 0 bridgehead atoms. The van der Waals surface area contributed by atoms with Gasteiger partial charge in [0.05, 0.1) is 0 Å². The van der Waals surface area contributed by atoms with Gasteiger partial charge in [0.15, 0.2) is 0 Å². The van der Waals surface area contributed by atoms with Crippen molar-refractivity contribution in [2.45, 2.75) is 20.3 Å². The Morgan fingerprint density at radius 2 is 2.33 bits per heavy atom. The predicted molar refractivity (Wildman–Crippen MR) is 36.2 cm³/mol. The number of hydrogen-bond donors (Lipinski definition) is 1. The Balaban J connectivity index is 3.56. The van der Waals surface area contributed by atoms with Crippen LogP contribution in [0.25, 0.3) is 0 Å². The average molecular weight is 128 g/mol. The molecule has 0 radical (unpaired) electrons. The van der Waals surface area contributed by atoms with Gasteiger partial charge in [0.25, 0.3) is 0 Å². The Bertz CT molecular complexity index is 116. The van der Waals surface area contributed by atoms with Crippen molar-refractivity contribution in [2.24, 2.45) is 5.92 Å². The van der Waals surface area contributed by atoms with Crippen LogP contribution in [-0.2, 0) is 4.79 Å². The largest absolute Gasteiger partial charge is 0.478 e. The van der Waals surface area contributed by atoms with Crippen LogP contribution in [0.5, 0.6) is 0 Å². The summed E-state index contributed by atoms with van der Waals surface area (Å²) in [7, 11) is 0. The Kier molecular flexibility index (Phi) is 3.76. The molecule has 9 heavy (non-hydrogen) atoms. The molecule has 0 aliphatic heterocycles. The van der Waals surface area contributed by atoms with Gasteiger partial charge in [0, 0.05) is 6.08 Å². The van der Waals surface area contributed by atoms with E-state index in [-0.39, 0.29) is 0 Å². The summed E-state index contributed by atoms with van der Waals surface area (Å²) in [6.07, 6.45) is 3.88. The SMILES string of the molecule is CCC(C)/C=C\C(=O)O. The maximum Gasteiger partial charge on any atom is 0.327 e. The first-order valence-corrected chi connectivity index (χ1v) is 3.08. The third kappa shape index (κ3) is 5.07. The van der Waals surface area contributed by atoms with Gasteiger partial charge in [0.2, 0.25) is 0 Å². The molecule has 0 saturated heterocycles. The lowest BCUT2D eigenvalue weighted by molar-refractivity contribution is -0.131. The second kappa shape index (κ2) is 4.13. The van der Waals surface area contributed by atoms with E-state index in [9.17, 15) is 4.79 Å². The van der Waals surface area contributed by atoms with Crippen LogP contribution >= 0.6 is 0 Å². The fourth-order valence-corrected chi connectivity index (χ4v) is 0.383. The van der Waals surface area contributed by atoms with E-state index in [1.165, 1.54) is 6.08 Å². The first kappa shape index (κ1) is 8.21. The first-order valence-electron chi connectivity index (χ1n) is 3.08. The molecule has 0 rings (SSSR count). The highest BCUT2D eigenvalue weighted by Crippen LogP contribution is 2.00. The number of rotatable bonds is 3. The molecular formula is C7H12O2. The van der Waals surface area contributed by atoms with Gasteiger partial charge in [-0.25, -0.2) is 4.79 Å². The van der Waals surface area contributed by atoms with Crippen LogP contribution in [0, 0.1) is 5.92 Å². The van der Waals surface area contributed by atoms with Crippen LogP contribution < -0.4 is 0 Å². The minimum Gasteiger partial charge on any atom is -0.478 e. The van der Waals surface area contributed by atoms with E-state index < -0.39 is 5.97 Å². The van der Waals surface area contributed by atoms with Crippen molar-refractivity contribution < 1.29 is 9.90 Å². The third-order valence-corrected chi connectivity index (χ3v) is 1.21. The quantitative estimate of drug-likeness (QED) is 0.587. The van der Waals surface area contributed by atoms with Gasteiger partial charge in [-0.3, -0.25) is 0 Å². The molecule has 0 aromatic carbocycles. The highest BCUT2D eigenvalue weighted by atomic mass is 16.4. The minimum atomic E-state index is -0.865. The van der Waals surface area contributed by atoms with Crippen molar-refractivity contribution >= 4 is 5.97 Å². The van der Waals surface area contributed by atoms with Crippen molar-refractivity contribution in [3.05, 3.63) is 12.2 Å². The molecule has 0 amide bonds. The number of aliphatic carboxylic acids is 1. The zero-order valence-corrected chi connectivity index (χ0v) is 5.79. The topological polar surface area (TPSA) is 37.3 Å². The minimum absolute atomic E-state index is 0.376. The standard InChI is InChI=1S/C7H12O2/c1-3-6(2)4-5-7(8)9/h4-6H,3H2,1-2H3,(H,8,9)/b5-4-. The Labute approximate surface area is 55.2 Å². The molecule has 0 fully saturated rings. The molecule has 2 heteroatoms. The lowest BCUT2D eigenvalue weighted by atomic mass is 10.1. The van der Waals surface area contributed by atoms with Crippen molar-refractivity contribution in [2.75, 3.05) is 0 Å². The van der Waals surface area contributed by atoms with Crippen molar-refractivity contribution in [1.29, 1.82) is 0 Å². The Morgan fingerprint density at radius 3 is 2.67 bits per heavy atom. The van der Waals surface area contributed by atoms with E-state index in [1.54, 1.807) is 6.08 Å². The van der Waals surface area contributed by atoms with Crippen LogP contribution in [0.1, 0.15) is 20.3 Å². The number of carbonyl (C=O) groups is 1. The summed E-state index contributed by atoms with van der Waals surface area (Å²) in [6, 6.07) is 0. The molecule has 1 atom stereocenters. The highest BCUT2D eigenvalue weighted by Gasteiger charge is 1.91. The second-order valence-electron chi connectivity index (χ2n) is 2.08. The summed E-state index contributed by atoms with van der Waals surface area (Å²) in [5, 5.41) is 8.17. The van der Waals surface area contributed by atoms with E-state index in [0.717, 1.165) is 6.42 Å². The molecular weight excluding hydrogens is 116 g/mol. The summed E-state index contributed by atoms with van der Waals surface area (Å²) < 4.78 is 0. The average Bonchev–Trinajstić information content (AvgIpc) is 1.83. The van der Waals surface area contributed by atoms with Gasteiger partial charge in [-0.1, -0.05) is 26.3 Å². The summed E-state index contributed by atoms with van der Waals surface area (Å²) in [4.78, 5) is 9.93. The molecule has 1 N–H and O–H groups in total. The van der Waals surface area contributed by atoms with E-state index in [4.69, 9.17) is 5.11 Å². The molecule has 1 unspecified atom stereocenters. The second-order valence-corrected chi connectivity index (χ2v) is 2.08. The highest BCUT2D eigenvalue weighted by molar-refractivity contribution is 5.79. The van der Waals surface area contributed by atoms with Crippen molar-refractivity contribution in [1.82, 2.24) is 0 Å². The maximum atomic E-state index is 9.93. The van der Waals surface area contributed by atoms with Crippen LogP contribution in [0.3, 0.4) is 0 Å². The zero-order chi connectivity index (χ0) is 7.28. The molecule has 0 spiro atoms. The van der Waals surface area contributed by atoms with Crippen LogP contribution in [-0.4, -0.2) is 11.1 Å². The molecule has 0 aromatic rings. The molecule has 0 saturated carbocycles. The summed E-state index contributed by atoms with van der Waals surface area (Å²) in [5.74, 6) is -0.489. The number of hydrogen-bond acceptors (Lipinski definition) is 1. The third-order valence-electron chi connectivity index (χ3n) is 1.21. The van der Waals surface area contributed by atoms with Gasteiger partial charge < -0.3 is 5.11 Å². The van der Waals surface area contributed by atoms with Crippen molar-refractivity contribution in [3.63, 3.8) is 0 Å². The number of carboxylic acid groups (broad SMARTS) is 1. The van der Waals surface area contributed by atoms with E-state index in [2.05, 4.69) is 0 Å². The van der Waals surface area contributed by atoms with Crippen molar-refractivity contribution in [3.8, 4) is 0 Å². The van der Waals surface area contributed by atoms with E-state index in [1.807, 2.05) is 13.8 Å². The Morgan fingerprint density at radius 1 is 1.78 bits per heavy atom. The van der Waals surface area contributed by atoms with Gasteiger partial charge >= 0.3 is 5.97 Å². The lowest BCUT2D eigenvalue weighted by Crippen LogP contribution is -1.90. The summed E-state index contributed by atoms with van der Waals surface area (Å²) in [5.41, 5.74) is 0. The van der Waals surface area contributed by atoms with Gasteiger partial charge in [-0.05, 0) is 5.92 Å². The molecule has 0 aliphatic carbocycles. The molecule has 0 aliphatic rings. The van der Waals surface area contributed by atoms with Crippen LogP contribution in [0.15, 0.2) is 12.2 Å². The number of carboxylic acids is 1. The monoisotopic (exact) mass is 128 g/mol. The molecule has 0 aromatic heterocycles. The fraction of sp³-hybridized carbons (Fsp3) is 0.571.